The smallest absolute Gasteiger partial charge is 0.274 e. The summed E-state index contributed by atoms with van der Waals surface area (Å²) in [6.45, 7) is 0. The Kier molecular flexibility index (Phi) is 6.40. The Balaban J connectivity index is 2.11. The lowest BCUT2D eigenvalue weighted by Gasteiger charge is -2.14. The minimum atomic E-state index is -0.625. The number of rotatable bonds is 7. The maximum atomic E-state index is 12.3. The van der Waals surface area contributed by atoms with Gasteiger partial charge in [0.15, 0.2) is 11.5 Å². The molecule has 0 atom stereocenters. The van der Waals surface area contributed by atoms with Crippen molar-refractivity contribution < 1.29 is 29.0 Å². The van der Waals surface area contributed by atoms with Gasteiger partial charge < -0.3 is 19.5 Å². The molecule has 8 heteroatoms. The first kappa shape index (κ1) is 19.1. The summed E-state index contributed by atoms with van der Waals surface area (Å²) >= 11 is 0. The number of hydrogen-bond acceptors (Lipinski definition) is 6. The zero-order chi connectivity index (χ0) is 19.1. The highest BCUT2D eigenvalue weighted by atomic mass is 16.5. The molecular weight excluding hydrogens is 340 g/mol. The Morgan fingerprint density at radius 2 is 1.54 bits per heavy atom. The molecule has 0 aromatic heterocycles. The first-order valence-corrected chi connectivity index (χ1v) is 7.65. The molecule has 0 fully saturated rings. The molecule has 0 radical (unpaired) electrons. The lowest BCUT2D eigenvalue weighted by atomic mass is 10.1. The molecule has 26 heavy (non-hydrogen) atoms. The molecule has 0 spiro atoms. The molecule has 0 bridgehead atoms. The standard InChI is InChI=1S/C18H20N2O6/c1-24-14-8-11(9-15(25-2)17(14)26-3)10-16(21)19-13-6-4-12(5-7-13)18(22)20-23/h4-9,23H,10H2,1-3H3,(H,19,21)(H,20,22). The van der Waals surface area contributed by atoms with E-state index in [1.807, 2.05) is 0 Å². The van der Waals surface area contributed by atoms with Gasteiger partial charge in [0.1, 0.15) is 0 Å². The summed E-state index contributed by atoms with van der Waals surface area (Å²) in [4.78, 5) is 23.5. The third kappa shape index (κ3) is 4.42. The molecule has 0 aliphatic heterocycles. The van der Waals surface area contributed by atoms with Crippen molar-refractivity contribution in [2.75, 3.05) is 26.6 Å². The normalized spacial score (nSPS) is 10.0. The van der Waals surface area contributed by atoms with Crippen LogP contribution in [0.15, 0.2) is 36.4 Å². The van der Waals surface area contributed by atoms with E-state index >= 15 is 0 Å². The second-order valence-corrected chi connectivity index (χ2v) is 5.28. The van der Waals surface area contributed by atoms with Crippen molar-refractivity contribution in [2.45, 2.75) is 6.42 Å². The van der Waals surface area contributed by atoms with Gasteiger partial charge in [-0.2, -0.15) is 0 Å². The van der Waals surface area contributed by atoms with Gasteiger partial charge in [-0.1, -0.05) is 0 Å². The van der Waals surface area contributed by atoms with Crippen molar-refractivity contribution in [1.82, 2.24) is 5.48 Å². The molecule has 0 saturated carbocycles. The number of benzene rings is 2. The lowest BCUT2D eigenvalue weighted by Crippen LogP contribution is -2.18. The molecule has 2 amide bonds. The number of carbonyl (C=O) groups is 2. The molecule has 0 aliphatic rings. The Morgan fingerprint density at radius 3 is 2.00 bits per heavy atom. The van der Waals surface area contributed by atoms with Crippen molar-refractivity contribution in [3.8, 4) is 17.2 Å². The predicted octanol–water partition coefficient (Wildman–Crippen LogP) is 2.01. The van der Waals surface area contributed by atoms with E-state index in [1.54, 1.807) is 29.7 Å². The highest BCUT2D eigenvalue weighted by molar-refractivity contribution is 5.95. The topological polar surface area (TPSA) is 106 Å². The van der Waals surface area contributed by atoms with Crippen LogP contribution in [0.3, 0.4) is 0 Å². The summed E-state index contributed by atoms with van der Waals surface area (Å²) in [7, 11) is 4.52. The summed E-state index contributed by atoms with van der Waals surface area (Å²) in [5.41, 5.74) is 3.03. The third-order valence-corrected chi connectivity index (χ3v) is 3.62. The van der Waals surface area contributed by atoms with E-state index < -0.39 is 5.91 Å². The van der Waals surface area contributed by atoms with Crippen LogP contribution in [0.25, 0.3) is 0 Å². The molecular formula is C18H20N2O6. The Hall–Kier alpha value is -3.26. The van der Waals surface area contributed by atoms with Crippen LogP contribution in [-0.2, 0) is 11.2 Å². The number of anilines is 1. The van der Waals surface area contributed by atoms with E-state index in [0.717, 1.165) is 0 Å². The van der Waals surface area contributed by atoms with Crippen LogP contribution >= 0.6 is 0 Å². The third-order valence-electron chi connectivity index (χ3n) is 3.62. The molecule has 0 unspecified atom stereocenters. The second kappa shape index (κ2) is 8.72. The molecule has 2 rings (SSSR count). The van der Waals surface area contributed by atoms with Crippen LogP contribution in [0, 0.1) is 0 Å². The summed E-state index contributed by atoms with van der Waals surface area (Å²) < 4.78 is 15.8. The SMILES string of the molecule is COc1cc(CC(=O)Nc2ccc(C(=O)NO)cc2)cc(OC)c1OC. The van der Waals surface area contributed by atoms with Crippen LogP contribution < -0.4 is 25.0 Å². The molecule has 0 saturated heterocycles. The molecule has 0 aliphatic carbocycles. The number of hydrogen-bond donors (Lipinski definition) is 3. The van der Waals surface area contributed by atoms with E-state index in [9.17, 15) is 9.59 Å². The summed E-state index contributed by atoms with van der Waals surface area (Å²) in [6.07, 6.45) is 0.0928. The van der Waals surface area contributed by atoms with E-state index in [2.05, 4.69) is 5.32 Å². The van der Waals surface area contributed by atoms with Crippen molar-refractivity contribution in [3.63, 3.8) is 0 Å². The molecule has 2 aromatic rings. The second-order valence-electron chi connectivity index (χ2n) is 5.28. The predicted molar refractivity (Wildman–Crippen MR) is 94.1 cm³/mol. The summed E-state index contributed by atoms with van der Waals surface area (Å²) in [6, 6.07) is 9.52. The maximum absolute atomic E-state index is 12.3. The van der Waals surface area contributed by atoms with Gasteiger partial charge in [0.25, 0.3) is 5.91 Å². The van der Waals surface area contributed by atoms with Gasteiger partial charge >= 0.3 is 0 Å². The fraction of sp³-hybridized carbons (Fsp3) is 0.222. The van der Waals surface area contributed by atoms with Crippen LogP contribution in [0.1, 0.15) is 15.9 Å². The lowest BCUT2D eigenvalue weighted by molar-refractivity contribution is -0.115. The molecule has 3 N–H and O–H groups in total. The zero-order valence-electron chi connectivity index (χ0n) is 14.7. The van der Waals surface area contributed by atoms with Gasteiger partial charge in [0.2, 0.25) is 11.7 Å². The Labute approximate surface area is 150 Å². The fourth-order valence-corrected chi connectivity index (χ4v) is 2.40. The quantitative estimate of drug-likeness (QED) is 0.515. The van der Waals surface area contributed by atoms with Gasteiger partial charge in [-0.25, -0.2) is 5.48 Å². The van der Waals surface area contributed by atoms with Crippen LogP contribution in [-0.4, -0.2) is 38.4 Å². The number of ether oxygens (including phenoxy) is 3. The minimum Gasteiger partial charge on any atom is -0.493 e. The average molecular weight is 360 g/mol. The van der Waals surface area contributed by atoms with Crippen molar-refractivity contribution in [2.24, 2.45) is 0 Å². The number of nitrogens with one attached hydrogen (secondary N) is 2. The Morgan fingerprint density at radius 1 is 0.962 bits per heavy atom. The van der Waals surface area contributed by atoms with Gasteiger partial charge in [-0.15, -0.1) is 0 Å². The van der Waals surface area contributed by atoms with Gasteiger partial charge in [0, 0.05) is 11.3 Å². The highest BCUT2D eigenvalue weighted by Crippen LogP contribution is 2.38. The number of hydroxylamine groups is 1. The first-order chi connectivity index (χ1) is 12.5. The van der Waals surface area contributed by atoms with Crippen LogP contribution in [0.5, 0.6) is 17.2 Å². The zero-order valence-corrected chi connectivity index (χ0v) is 14.7. The van der Waals surface area contributed by atoms with Gasteiger partial charge in [-0.3, -0.25) is 14.8 Å². The number of methoxy groups -OCH3 is 3. The monoisotopic (exact) mass is 360 g/mol. The largest absolute Gasteiger partial charge is 0.493 e. The number of carbonyl (C=O) groups excluding carboxylic acids is 2. The first-order valence-electron chi connectivity index (χ1n) is 7.65. The summed E-state index contributed by atoms with van der Waals surface area (Å²) in [5, 5.41) is 11.3. The van der Waals surface area contributed by atoms with Crippen LogP contribution in [0.4, 0.5) is 5.69 Å². The molecule has 2 aromatic carbocycles. The van der Waals surface area contributed by atoms with E-state index in [0.29, 0.717) is 28.5 Å². The van der Waals surface area contributed by atoms with Crippen molar-refractivity contribution in [3.05, 3.63) is 47.5 Å². The Bertz CT molecular complexity index is 764. The van der Waals surface area contributed by atoms with Crippen LogP contribution in [0.2, 0.25) is 0 Å². The molecule has 8 nitrogen and oxygen atoms in total. The van der Waals surface area contributed by atoms with Gasteiger partial charge in [-0.05, 0) is 42.0 Å². The van der Waals surface area contributed by atoms with E-state index in [1.165, 1.54) is 33.5 Å². The van der Waals surface area contributed by atoms with Crippen molar-refractivity contribution in [1.29, 1.82) is 0 Å². The van der Waals surface area contributed by atoms with Gasteiger partial charge in [0.05, 0.1) is 27.8 Å². The maximum Gasteiger partial charge on any atom is 0.274 e. The highest BCUT2D eigenvalue weighted by Gasteiger charge is 2.15. The average Bonchev–Trinajstić information content (AvgIpc) is 2.66. The molecule has 138 valence electrons. The number of amides is 2. The van der Waals surface area contributed by atoms with E-state index in [4.69, 9.17) is 19.4 Å². The summed E-state index contributed by atoms with van der Waals surface area (Å²) in [5.74, 6) is 0.513. The van der Waals surface area contributed by atoms with E-state index in [-0.39, 0.29) is 17.9 Å². The van der Waals surface area contributed by atoms with Crippen molar-refractivity contribution >= 4 is 17.5 Å². The molecule has 0 heterocycles. The fourth-order valence-electron chi connectivity index (χ4n) is 2.40. The minimum absolute atomic E-state index is 0.0928.